The summed E-state index contributed by atoms with van der Waals surface area (Å²) in [7, 11) is 1.88. The first kappa shape index (κ1) is 14.4. The van der Waals surface area contributed by atoms with Crippen LogP contribution in [0.15, 0.2) is 41.1 Å². The van der Waals surface area contributed by atoms with Crippen molar-refractivity contribution in [3.63, 3.8) is 0 Å². The van der Waals surface area contributed by atoms with Gasteiger partial charge in [-0.1, -0.05) is 5.16 Å². The number of halogens is 1. The third-order valence-corrected chi connectivity index (χ3v) is 3.35. The van der Waals surface area contributed by atoms with Gasteiger partial charge in [0.05, 0.1) is 5.69 Å². The lowest BCUT2D eigenvalue weighted by Crippen LogP contribution is -2.24. The van der Waals surface area contributed by atoms with Gasteiger partial charge in [0.25, 0.3) is 5.89 Å². The molecule has 0 saturated heterocycles. The van der Waals surface area contributed by atoms with E-state index in [2.05, 4.69) is 20.6 Å². The van der Waals surface area contributed by atoms with Gasteiger partial charge < -0.3 is 9.84 Å². The Hall–Kier alpha value is -2.54. The Bertz CT molecular complexity index is 749. The van der Waals surface area contributed by atoms with E-state index >= 15 is 0 Å². The van der Waals surface area contributed by atoms with Gasteiger partial charge in [0.2, 0.25) is 0 Å². The van der Waals surface area contributed by atoms with Gasteiger partial charge in [-0.25, -0.2) is 9.07 Å². The number of nitrogens with zero attached hydrogens (tertiary/aromatic N) is 4. The van der Waals surface area contributed by atoms with Gasteiger partial charge in [-0.3, -0.25) is 0 Å². The highest BCUT2D eigenvalue weighted by Crippen LogP contribution is 2.17. The number of hydrogen-bond donors (Lipinski definition) is 1. The third kappa shape index (κ3) is 3.04. The highest BCUT2D eigenvalue weighted by molar-refractivity contribution is 5.46. The summed E-state index contributed by atoms with van der Waals surface area (Å²) in [6.45, 7) is 2.04. The van der Waals surface area contributed by atoms with Gasteiger partial charge in [0.15, 0.2) is 11.5 Å². The zero-order chi connectivity index (χ0) is 15.5. The van der Waals surface area contributed by atoms with Crippen molar-refractivity contribution in [1.82, 2.24) is 25.2 Å². The summed E-state index contributed by atoms with van der Waals surface area (Å²) in [5.41, 5.74) is 1.34. The smallest absolute Gasteiger partial charge is 0.278 e. The lowest BCUT2D eigenvalue weighted by Gasteiger charge is -2.04. The van der Waals surface area contributed by atoms with Crippen LogP contribution in [-0.4, -0.2) is 33.0 Å². The van der Waals surface area contributed by atoms with E-state index in [1.165, 1.54) is 12.1 Å². The fraction of sp³-hybridized carbons (Fsp3) is 0.267. The van der Waals surface area contributed by atoms with E-state index in [4.69, 9.17) is 4.52 Å². The van der Waals surface area contributed by atoms with Gasteiger partial charge in [0, 0.05) is 18.7 Å². The fourth-order valence-corrected chi connectivity index (χ4v) is 1.99. The molecule has 1 aromatic carbocycles. The normalized spacial score (nSPS) is 12.5. The molecular formula is C15H16FN5O. The Kier molecular flexibility index (Phi) is 3.97. The van der Waals surface area contributed by atoms with Gasteiger partial charge in [-0.05, 0) is 44.3 Å². The second-order valence-electron chi connectivity index (χ2n) is 5.03. The molecular weight excluding hydrogens is 285 g/mol. The first-order valence-corrected chi connectivity index (χ1v) is 6.97. The van der Waals surface area contributed by atoms with Crippen molar-refractivity contribution < 1.29 is 8.91 Å². The summed E-state index contributed by atoms with van der Waals surface area (Å²) in [6, 6.07) is 8.13. The van der Waals surface area contributed by atoms with E-state index in [0.717, 1.165) is 5.69 Å². The summed E-state index contributed by atoms with van der Waals surface area (Å²) in [5.74, 6) is 0.726. The lowest BCUT2D eigenvalue weighted by atomic mass is 10.2. The number of aromatic nitrogens is 4. The predicted octanol–water partition coefficient (Wildman–Crippen LogP) is 2.21. The zero-order valence-electron chi connectivity index (χ0n) is 12.3. The molecule has 7 heteroatoms. The number of hydrogen-bond acceptors (Lipinski definition) is 5. The number of nitrogens with one attached hydrogen (secondary N) is 1. The molecule has 2 heterocycles. The zero-order valence-corrected chi connectivity index (χ0v) is 12.3. The van der Waals surface area contributed by atoms with Crippen LogP contribution in [0.5, 0.6) is 0 Å². The van der Waals surface area contributed by atoms with Crippen LogP contribution in [0.3, 0.4) is 0 Å². The van der Waals surface area contributed by atoms with Crippen LogP contribution in [0.25, 0.3) is 17.3 Å². The van der Waals surface area contributed by atoms with E-state index in [1.54, 1.807) is 29.1 Å². The van der Waals surface area contributed by atoms with Crippen LogP contribution in [0.4, 0.5) is 4.39 Å². The summed E-state index contributed by atoms with van der Waals surface area (Å²) in [4.78, 5) is 4.34. The van der Waals surface area contributed by atoms with E-state index in [9.17, 15) is 4.39 Å². The summed E-state index contributed by atoms with van der Waals surface area (Å²) in [5, 5.41) is 11.4. The van der Waals surface area contributed by atoms with E-state index in [-0.39, 0.29) is 11.9 Å². The van der Waals surface area contributed by atoms with E-state index in [0.29, 0.717) is 23.8 Å². The molecule has 1 unspecified atom stereocenters. The second kappa shape index (κ2) is 6.07. The van der Waals surface area contributed by atoms with Crippen molar-refractivity contribution >= 4 is 0 Å². The van der Waals surface area contributed by atoms with Crippen LogP contribution in [0, 0.1) is 5.82 Å². The topological polar surface area (TPSA) is 68.8 Å². The molecule has 114 valence electrons. The molecule has 0 aliphatic rings. The maximum atomic E-state index is 12.9. The SMILES string of the molecule is CNC(C)Cc1noc(-c2ccn(-c3ccc(F)cc3)n2)n1. The molecule has 3 aromatic rings. The van der Waals surface area contributed by atoms with Gasteiger partial charge in [-0.15, -0.1) is 0 Å². The van der Waals surface area contributed by atoms with Crippen molar-refractivity contribution in [2.45, 2.75) is 19.4 Å². The van der Waals surface area contributed by atoms with E-state index < -0.39 is 0 Å². The Morgan fingerprint density at radius 2 is 2.05 bits per heavy atom. The molecule has 1 N–H and O–H groups in total. The van der Waals surface area contributed by atoms with Crippen molar-refractivity contribution in [2.24, 2.45) is 0 Å². The molecule has 2 aromatic heterocycles. The highest BCUT2D eigenvalue weighted by atomic mass is 19.1. The van der Waals surface area contributed by atoms with Crippen LogP contribution >= 0.6 is 0 Å². The minimum absolute atomic E-state index is 0.266. The standard InChI is InChI=1S/C15H16FN5O/c1-10(17-2)9-14-18-15(22-20-14)13-7-8-21(19-13)12-5-3-11(16)4-6-12/h3-8,10,17H,9H2,1-2H3. The van der Waals surface area contributed by atoms with Crippen LogP contribution < -0.4 is 5.32 Å². The Balaban J connectivity index is 1.80. The minimum atomic E-state index is -0.281. The van der Waals surface area contributed by atoms with Crippen molar-refractivity contribution in [2.75, 3.05) is 7.05 Å². The Labute approximate surface area is 127 Å². The molecule has 0 aliphatic heterocycles. The molecule has 0 spiro atoms. The van der Waals surface area contributed by atoms with Gasteiger partial charge >= 0.3 is 0 Å². The molecule has 22 heavy (non-hydrogen) atoms. The number of benzene rings is 1. The Morgan fingerprint density at radius 3 is 2.77 bits per heavy atom. The largest absolute Gasteiger partial charge is 0.332 e. The molecule has 0 amide bonds. The predicted molar refractivity (Wildman–Crippen MR) is 79.0 cm³/mol. The molecule has 3 rings (SSSR count). The van der Waals surface area contributed by atoms with Crippen molar-refractivity contribution in [3.05, 3.63) is 48.2 Å². The van der Waals surface area contributed by atoms with Crippen molar-refractivity contribution in [1.29, 1.82) is 0 Å². The van der Waals surface area contributed by atoms with Crippen LogP contribution in [-0.2, 0) is 6.42 Å². The average molecular weight is 301 g/mol. The van der Waals surface area contributed by atoms with Crippen LogP contribution in [0.1, 0.15) is 12.7 Å². The first-order chi connectivity index (χ1) is 10.7. The molecule has 0 aliphatic carbocycles. The Morgan fingerprint density at radius 1 is 1.27 bits per heavy atom. The molecule has 0 radical (unpaired) electrons. The van der Waals surface area contributed by atoms with Gasteiger partial charge in [0.1, 0.15) is 5.82 Å². The highest BCUT2D eigenvalue weighted by Gasteiger charge is 2.13. The van der Waals surface area contributed by atoms with E-state index in [1.807, 2.05) is 14.0 Å². The summed E-state index contributed by atoms with van der Waals surface area (Å²) in [6.07, 6.45) is 2.45. The van der Waals surface area contributed by atoms with Gasteiger partial charge in [-0.2, -0.15) is 10.1 Å². The third-order valence-electron chi connectivity index (χ3n) is 3.35. The quantitative estimate of drug-likeness (QED) is 0.782. The maximum absolute atomic E-state index is 12.9. The summed E-state index contributed by atoms with van der Waals surface area (Å²) >= 11 is 0. The molecule has 0 bridgehead atoms. The number of likely N-dealkylation sites (N-methyl/N-ethyl adjacent to an activating group) is 1. The molecule has 6 nitrogen and oxygen atoms in total. The fourth-order valence-electron chi connectivity index (χ4n) is 1.99. The molecule has 1 atom stereocenters. The number of rotatable bonds is 5. The summed E-state index contributed by atoms with van der Waals surface area (Å²) < 4.78 is 19.8. The monoisotopic (exact) mass is 301 g/mol. The molecule has 0 saturated carbocycles. The minimum Gasteiger partial charge on any atom is -0.332 e. The van der Waals surface area contributed by atoms with Crippen LogP contribution in [0.2, 0.25) is 0 Å². The second-order valence-corrected chi connectivity index (χ2v) is 5.03. The maximum Gasteiger partial charge on any atom is 0.278 e. The molecule has 0 fully saturated rings. The average Bonchev–Trinajstić information content (AvgIpc) is 3.17. The first-order valence-electron chi connectivity index (χ1n) is 6.97. The lowest BCUT2D eigenvalue weighted by molar-refractivity contribution is 0.417. The van der Waals surface area contributed by atoms with Crippen molar-refractivity contribution in [3.8, 4) is 17.3 Å².